The Bertz CT molecular complexity index is 389. The van der Waals surface area contributed by atoms with Crippen molar-refractivity contribution in [3.63, 3.8) is 0 Å². The fourth-order valence-corrected chi connectivity index (χ4v) is 7.77. The lowest BCUT2D eigenvalue weighted by atomic mass is 9.64. The molecule has 0 unspecified atom stereocenters. The highest BCUT2D eigenvalue weighted by Gasteiger charge is 2.36. The molecule has 0 radical (unpaired) electrons. The normalized spacial score (nSPS) is 45.6. The van der Waals surface area contributed by atoms with Crippen molar-refractivity contribution < 1.29 is 9.47 Å². The van der Waals surface area contributed by atoms with Gasteiger partial charge in [-0.15, -0.1) is 0 Å². The molecule has 0 atom stereocenters. The summed E-state index contributed by atoms with van der Waals surface area (Å²) in [6.45, 7) is 0. The van der Waals surface area contributed by atoms with E-state index in [0.717, 1.165) is 35.5 Å². The Morgan fingerprint density at radius 1 is 0.321 bits per heavy atom. The molecule has 4 aliphatic carbocycles. The van der Waals surface area contributed by atoms with E-state index in [9.17, 15) is 0 Å². The molecule has 0 amide bonds. The second-order valence-electron chi connectivity index (χ2n) is 10.9. The minimum Gasteiger partial charge on any atom is -0.381 e. The first kappa shape index (κ1) is 21.2. The lowest BCUT2D eigenvalue weighted by Gasteiger charge is -2.43. The van der Waals surface area contributed by atoms with Crippen molar-refractivity contribution in [3.05, 3.63) is 0 Å². The van der Waals surface area contributed by atoms with E-state index >= 15 is 0 Å². The van der Waals surface area contributed by atoms with Crippen molar-refractivity contribution in [1.29, 1.82) is 0 Å². The summed E-state index contributed by atoms with van der Waals surface area (Å²) in [6, 6.07) is 0. The number of ether oxygens (including phenoxy) is 2. The number of rotatable bonds is 5. The molecule has 2 heteroatoms. The molecule has 0 aromatic carbocycles. The first-order chi connectivity index (χ1) is 13.8. The summed E-state index contributed by atoms with van der Waals surface area (Å²) in [4.78, 5) is 0. The molecular weight excluding hydrogens is 344 g/mol. The minimum absolute atomic E-state index is 0.562. The Balaban J connectivity index is 1.15. The number of hydrogen-bond acceptors (Lipinski definition) is 2. The zero-order valence-electron chi connectivity index (χ0n) is 18.7. The van der Waals surface area contributed by atoms with Crippen molar-refractivity contribution in [2.24, 2.45) is 35.5 Å². The summed E-state index contributed by atoms with van der Waals surface area (Å²) >= 11 is 0. The number of methoxy groups -OCH3 is 2. The van der Waals surface area contributed by atoms with Crippen LogP contribution in [0.2, 0.25) is 0 Å². The minimum atomic E-state index is 0.562. The van der Waals surface area contributed by atoms with Crippen LogP contribution in [0.3, 0.4) is 0 Å². The van der Waals surface area contributed by atoms with Crippen molar-refractivity contribution in [3.8, 4) is 0 Å². The molecule has 28 heavy (non-hydrogen) atoms. The molecule has 162 valence electrons. The van der Waals surface area contributed by atoms with Crippen molar-refractivity contribution in [1.82, 2.24) is 0 Å². The molecule has 4 rings (SSSR count). The summed E-state index contributed by atoms with van der Waals surface area (Å²) in [7, 11) is 3.80. The SMILES string of the molecule is COC1CCC(C2CCC(C3CCC(C4CCC(OC)CC4)CC3)CC2)CC1. The second-order valence-corrected chi connectivity index (χ2v) is 10.9. The maximum Gasteiger partial charge on any atom is 0.0571 e. The first-order valence-corrected chi connectivity index (χ1v) is 12.8. The van der Waals surface area contributed by atoms with Gasteiger partial charge in [-0.1, -0.05) is 0 Å². The highest BCUT2D eigenvalue weighted by atomic mass is 16.5. The third kappa shape index (κ3) is 5.15. The van der Waals surface area contributed by atoms with Crippen molar-refractivity contribution in [2.75, 3.05) is 14.2 Å². The first-order valence-electron chi connectivity index (χ1n) is 12.8. The third-order valence-electron chi connectivity index (χ3n) is 9.74. The van der Waals surface area contributed by atoms with Crippen LogP contribution in [0.5, 0.6) is 0 Å². The van der Waals surface area contributed by atoms with Crippen LogP contribution in [-0.2, 0) is 9.47 Å². The van der Waals surface area contributed by atoms with E-state index in [4.69, 9.17) is 9.47 Å². The van der Waals surface area contributed by atoms with Gasteiger partial charge in [-0.3, -0.25) is 0 Å². The van der Waals surface area contributed by atoms with E-state index in [1.54, 1.807) is 25.7 Å². The number of hydrogen-bond donors (Lipinski definition) is 0. The summed E-state index contributed by atoms with van der Waals surface area (Å²) in [5, 5.41) is 0. The molecule has 4 saturated carbocycles. The predicted molar refractivity (Wildman–Crippen MR) is 116 cm³/mol. The molecule has 4 fully saturated rings. The van der Waals surface area contributed by atoms with Crippen LogP contribution in [0.25, 0.3) is 0 Å². The van der Waals surface area contributed by atoms with E-state index < -0.39 is 0 Å². The van der Waals surface area contributed by atoms with E-state index in [-0.39, 0.29) is 0 Å². The fraction of sp³-hybridized carbons (Fsp3) is 1.00. The van der Waals surface area contributed by atoms with Crippen molar-refractivity contribution in [2.45, 2.75) is 115 Å². The summed E-state index contributed by atoms with van der Waals surface area (Å²) in [5.41, 5.74) is 0. The molecule has 0 aromatic heterocycles. The van der Waals surface area contributed by atoms with Gasteiger partial charge in [0.05, 0.1) is 12.2 Å². The molecule has 0 saturated heterocycles. The summed E-state index contributed by atoms with van der Waals surface area (Å²) in [5.74, 6) is 6.26. The Hall–Kier alpha value is -0.0800. The average Bonchev–Trinajstić information content (AvgIpc) is 2.79. The van der Waals surface area contributed by atoms with E-state index in [1.165, 1.54) is 77.0 Å². The molecule has 0 aliphatic heterocycles. The van der Waals surface area contributed by atoms with Gasteiger partial charge in [0.1, 0.15) is 0 Å². The topological polar surface area (TPSA) is 18.5 Å². The van der Waals surface area contributed by atoms with Crippen LogP contribution in [0.15, 0.2) is 0 Å². The molecular formula is C26H46O2. The van der Waals surface area contributed by atoms with Gasteiger partial charge in [0.25, 0.3) is 0 Å². The average molecular weight is 391 g/mol. The zero-order chi connectivity index (χ0) is 19.3. The van der Waals surface area contributed by atoms with E-state index in [1.807, 2.05) is 14.2 Å². The van der Waals surface area contributed by atoms with Crippen molar-refractivity contribution >= 4 is 0 Å². The van der Waals surface area contributed by atoms with Gasteiger partial charge in [0.2, 0.25) is 0 Å². The van der Waals surface area contributed by atoms with Gasteiger partial charge in [0, 0.05) is 14.2 Å². The van der Waals surface area contributed by atoms with Gasteiger partial charge in [-0.2, -0.15) is 0 Å². The van der Waals surface area contributed by atoms with E-state index in [2.05, 4.69) is 0 Å². The molecule has 4 aliphatic rings. The third-order valence-corrected chi connectivity index (χ3v) is 9.74. The lowest BCUT2D eigenvalue weighted by Crippen LogP contribution is -2.32. The molecule has 0 N–H and O–H groups in total. The molecule has 0 bridgehead atoms. The summed E-state index contributed by atoms with van der Waals surface area (Å²) in [6.07, 6.45) is 24.5. The highest BCUT2D eigenvalue weighted by Crippen LogP contribution is 2.47. The maximum atomic E-state index is 5.58. The van der Waals surface area contributed by atoms with Crippen LogP contribution in [-0.4, -0.2) is 26.4 Å². The lowest BCUT2D eigenvalue weighted by molar-refractivity contribution is 0.0287. The largest absolute Gasteiger partial charge is 0.381 e. The predicted octanol–water partition coefficient (Wildman–Crippen LogP) is 7.01. The van der Waals surface area contributed by atoms with Crippen LogP contribution in [0.4, 0.5) is 0 Å². The highest BCUT2D eigenvalue weighted by molar-refractivity contribution is 4.88. The fourth-order valence-electron chi connectivity index (χ4n) is 7.77. The van der Waals surface area contributed by atoms with Gasteiger partial charge in [0.15, 0.2) is 0 Å². The molecule has 0 heterocycles. The summed E-state index contributed by atoms with van der Waals surface area (Å²) < 4.78 is 11.2. The zero-order valence-corrected chi connectivity index (χ0v) is 18.7. The monoisotopic (exact) mass is 390 g/mol. The Morgan fingerprint density at radius 3 is 0.679 bits per heavy atom. The van der Waals surface area contributed by atoms with E-state index in [0.29, 0.717) is 12.2 Å². The molecule has 0 spiro atoms. The van der Waals surface area contributed by atoms with Gasteiger partial charge in [-0.05, 0) is 138 Å². The van der Waals surface area contributed by atoms with Gasteiger partial charge in [-0.25, -0.2) is 0 Å². The second kappa shape index (κ2) is 10.3. The standard InChI is InChI=1S/C26H46O2/c1-27-25-15-11-23(12-16-25)21-7-3-19(4-8-21)20-5-9-22(10-6-20)24-13-17-26(28-2)18-14-24/h19-26H,3-18H2,1-2H3. The van der Waals surface area contributed by atoms with Gasteiger partial charge >= 0.3 is 0 Å². The maximum absolute atomic E-state index is 5.58. The van der Waals surface area contributed by atoms with Crippen LogP contribution in [0.1, 0.15) is 103 Å². The van der Waals surface area contributed by atoms with Crippen LogP contribution < -0.4 is 0 Å². The Kier molecular flexibility index (Phi) is 7.78. The van der Waals surface area contributed by atoms with Gasteiger partial charge < -0.3 is 9.47 Å². The van der Waals surface area contributed by atoms with Crippen LogP contribution >= 0.6 is 0 Å². The van der Waals surface area contributed by atoms with Crippen LogP contribution in [0, 0.1) is 35.5 Å². The Labute approximate surface area is 174 Å². The smallest absolute Gasteiger partial charge is 0.0571 e. The molecule has 0 aromatic rings. The Morgan fingerprint density at radius 2 is 0.500 bits per heavy atom. The quantitative estimate of drug-likeness (QED) is 0.502. The molecule has 2 nitrogen and oxygen atoms in total.